The molecule has 0 aliphatic rings. The van der Waals surface area contributed by atoms with Crippen LogP contribution in [0.15, 0.2) is 71.1 Å². The van der Waals surface area contributed by atoms with E-state index in [1.54, 1.807) is 29.2 Å². The quantitative estimate of drug-likeness (QED) is 0.221. The van der Waals surface area contributed by atoms with Crippen LogP contribution in [-0.2, 0) is 16.0 Å². The molecule has 0 aliphatic heterocycles. The van der Waals surface area contributed by atoms with E-state index >= 15 is 0 Å². The number of aromatic nitrogens is 1. The number of anilines is 1. The van der Waals surface area contributed by atoms with Gasteiger partial charge in [-0.2, -0.15) is 0 Å². The summed E-state index contributed by atoms with van der Waals surface area (Å²) in [5, 5.41) is 2.95. The first-order valence-corrected chi connectivity index (χ1v) is 13.2. The lowest BCUT2D eigenvalue weighted by Crippen LogP contribution is -2.12. The number of nitrogens with one attached hydrogen (secondary N) is 1. The van der Waals surface area contributed by atoms with Crippen molar-refractivity contribution >= 4 is 51.0 Å². The van der Waals surface area contributed by atoms with Crippen LogP contribution in [0, 0.1) is 13.8 Å². The van der Waals surface area contributed by atoms with Gasteiger partial charge in [0, 0.05) is 17.5 Å². The van der Waals surface area contributed by atoms with Crippen LogP contribution in [0.5, 0.6) is 0 Å². The monoisotopic (exact) mass is 486 g/mol. The van der Waals surface area contributed by atoms with Gasteiger partial charge in [0.05, 0.1) is 10.2 Å². The van der Waals surface area contributed by atoms with Crippen LogP contribution in [0.2, 0.25) is 0 Å². The Morgan fingerprint density at radius 1 is 1.03 bits per heavy atom. The average Bonchev–Trinajstić information content (AvgIpc) is 3.19. The Labute approximate surface area is 210 Å². The van der Waals surface area contributed by atoms with Gasteiger partial charge in [0.15, 0.2) is 4.34 Å². The molecular weight excluding hydrogens is 456 g/mol. The number of rotatable bonds is 6. The molecule has 0 fully saturated rings. The third-order valence-corrected chi connectivity index (χ3v) is 7.95. The van der Waals surface area contributed by atoms with E-state index < -0.39 is 0 Å². The standard InChI is InChI=1S/C29H30N2OS2/c1-19-15-22(29(3,4)5)16-20(2)24(19)18-33-28-31-25-13-12-23(17-26(25)34-28)30-27(32)14-11-21-9-7-6-8-10-21/h6-17H,18H2,1-5H3,(H,30,32)/b14-11+. The fourth-order valence-electron chi connectivity index (χ4n) is 3.75. The number of aryl methyl sites for hydroxylation is 2. The van der Waals surface area contributed by atoms with Gasteiger partial charge in [0.1, 0.15) is 0 Å². The summed E-state index contributed by atoms with van der Waals surface area (Å²) in [5.41, 5.74) is 8.33. The highest BCUT2D eigenvalue weighted by molar-refractivity contribution is 8.00. The van der Waals surface area contributed by atoms with E-state index in [0.717, 1.165) is 31.6 Å². The molecule has 174 valence electrons. The van der Waals surface area contributed by atoms with E-state index in [1.807, 2.05) is 54.6 Å². The summed E-state index contributed by atoms with van der Waals surface area (Å²) in [6.45, 7) is 11.2. The van der Waals surface area contributed by atoms with Gasteiger partial charge in [-0.3, -0.25) is 4.79 Å². The van der Waals surface area contributed by atoms with E-state index in [4.69, 9.17) is 4.98 Å². The molecule has 34 heavy (non-hydrogen) atoms. The third kappa shape index (κ3) is 5.96. The van der Waals surface area contributed by atoms with Crippen molar-refractivity contribution in [3.63, 3.8) is 0 Å². The van der Waals surface area contributed by atoms with Gasteiger partial charge < -0.3 is 5.32 Å². The average molecular weight is 487 g/mol. The second-order valence-electron chi connectivity index (χ2n) is 9.52. The minimum absolute atomic E-state index is 0.146. The number of benzene rings is 3. The molecule has 0 spiro atoms. The number of thioether (sulfide) groups is 1. The second-order valence-corrected chi connectivity index (χ2v) is 11.8. The zero-order chi connectivity index (χ0) is 24.3. The SMILES string of the molecule is Cc1cc(C(C)(C)C)cc(C)c1CSc1nc2ccc(NC(=O)/C=C/c3ccccc3)cc2s1. The van der Waals surface area contributed by atoms with Crippen molar-refractivity contribution in [1.82, 2.24) is 4.98 Å². The van der Waals surface area contributed by atoms with E-state index in [1.165, 1.54) is 22.3 Å². The molecule has 0 radical (unpaired) electrons. The van der Waals surface area contributed by atoms with Gasteiger partial charge in [-0.1, -0.05) is 75.0 Å². The van der Waals surface area contributed by atoms with Gasteiger partial charge in [-0.05, 0) is 71.4 Å². The molecule has 5 heteroatoms. The summed E-state index contributed by atoms with van der Waals surface area (Å²) in [7, 11) is 0. The number of thiazole rings is 1. The molecule has 0 saturated heterocycles. The second kappa shape index (κ2) is 10.2. The molecule has 3 aromatic carbocycles. The van der Waals surface area contributed by atoms with Gasteiger partial charge in [0.25, 0.3) is 0 Å². The summed E-state index contributed by atoms with van der Waals surface area (Å²) in [4.78, 5) is 17.1. The predicted molar refractivity (Wildman–Crippen MR) is 148 cm³/mol. The zero-order valence-electron chi connectivity index (χ0n) is 20.3. The first-order chi connectivity index (χ1) is 16.2. The maximum atomic E-state index is 12.3. The first-order valence-electron chi connectivity index (χ1n) is 11.4. The Hall–Kier alpha value is -2.89. The maximum absolute atomic E-state index is 12.3. The number of carbonyl (C=O) groups excluding carboxylic acids is 1. The Morgan fingerprint density at radius 2 is 1.74 bits per heavy atom. The van der Waals surface area contributed by atoms with Crippen molar-refractivity contribution in [3.05, 3.63) is 94.6 Å². The zero-order valence-corrected chi connectivity index (χ0v) is 21.9. The highest BCUT2D eigenvalue weighted by Gasteiger charge is 2.17. The number of hydrogen-bond donors (Lipinski definition) is 1. The van der Waals surface area contributed by atoms with Crippen LogP contribution in [0.25, 0.3) is 16.3 Å². The van der Waals surface area contributed by atoms with Gasteiger partial charge >= 0.3 is 0 Å². The molecule has 1 heterocycles. The fourth-order valence-corrected chi connectivity index (χ4v) is 6.06. The Bertz CT molecular complexity index is 1320. The summed E-state index contributed by atoms with van der Waals surface area (Å²) in [6, 6.07) is 20.3. The molecular formula is C29H30N2OS2. The van der Waals surface area contributed by atoms with Crippen molar-refractivity contribution < 1.29 is 4.79 Å². The lowest BCUT2D eigenvalue weighted by atomic mass is 9.84. The Morgan fingerprint density at radius 3 is 2.41 bits per heavy atom. The largest absolute Gasteiger partial charge is 0.322 e. The highest BCUT2D eigenvalue weighted by Crippen LogP contribution is 2.35. The molecule has 1 aromatic heterocycles. The Balaban J connectivity index is 1.43. The van der Waals surface area contributed by atoms with E-state index in [9.17, 15) is 4.79 Å². The van der Waals surface area contributed by atoms with Gasteiger partial charge in [-0.25, -0.2) is 4.98 Å². The van der Waals surface area contributed by atoms with Crippen molar-refractivity contribution in [1.29, 1.82) is 0 Å². The molecule has 0 aliphatic carbocycles. The highest BCUT2D eigenvalue weighted by atomic mass is 32.2. The van der Waals surface area contributed by atoms with Crippen LogP contribution in [0.4, 0.5) is 5.69 Å². The first kappa shape index (κ1) is 24.2. The molecule has 0 saturated carbocycles. The van der Waals surface area contributed by atoms with Crippen LogP contribution in [0.1, 0.15) is 48.6 Å². The summed E-state index contributed by atoms with van der Waals surface area (Å²) in [5.74, 6) is 0.752. The molecule has 0 atom stereocenters. The number of hydrogen-bond acceptors (Lipinski definition) is 4. The van der Waals surface area contributed by atoms with Gasteiger partial charge in [0.2, 0.25) is 5.91 Å². The van der Waals surface area contributed by atoms with Crippen LogP contribution >= 0.6 is 23.1 Å². The van der Waals surface area contributed by atoms with Crippen LogP contribution < -0.4 is 5.32 Å². The molecule has 4 aromatic rings. The molecule has 1 N–H and O–H groups in total. The lowest BCUT2D eigenvalue weighted by molar-refractivity contribution is -0.111. The summed E-state index contributed by atoms with van der Waals surface area (Å²) >= 11 is 3.44. The van der Waals surface area contributed by atoms with Crippen LogP contribution in [0.3, 0.4) is 0 Å². The summed E-state index contributed by atoms with van der Waals surface area (Å²) in [6.07, 6.45) is 3.37. The predicted octanol–water partition coefficient (Wildman–Crippen LogP) is 8.15. The number of nitrogens with zero attached hydrogens (tertiary/aromatic N) is 1. The number of amides is 1. The Kier molecular flexibility index (Phi) is 7.24. The van der Waals surface area contributed by atoms with Crippen molar-refractivity contribution in [3.8, 4) is 0 Å². The fraction of sp³-hybridized carbons (Fsp3) is 0.241. The normalized spacial score (nSPS) is 11.9. The summed E-state index contributed by atoms with van der Waals surface area (Å²) < 4.78 is 2.12. The smallest absolute Gasteiger partial charge is 0.248 e. The molecule has 0 bridgehead atoms. The molecule has 0 unspecified atom stereocenters. The van der Waals surface area contributed by atoms with E-state index in [-0.39, 0.29) is 11.3 Å². The molecule has 1 amide bonds. The number of carbonyl (C=O) groups is 1. The minimum Gasteiger partial charge on any atom is -0.322 e. The maximum Gasteiger partial charge on any atom is 0.248 e. The van der Waals surface area contributed by atoms with E-state index in [2.05, 4.69) is 52.1 Å². The van der Waals surface area contributed by atoms with Gasteiger partial charge in [-0.15, -0.1) is 11.3 Å². The van der Waals surface area contributed by atoms with Crippen molar-refractivity contribution in [2.75, 3.05) is 5.32 Å². The third-order valence-electron chi connectivity index (χ3n) is 5.77. The minimum atomic E-state index is -0.146. The topological polar surface area (TPSA) is 42.0 Å². The number of fused-ring (bicyclic) bond motifs is 1. The van der Waals surface area contributed by atoms with Crippen LogP contribution in [-0.4, -0.2) is 10.9 Å². The molecule has 3 nitrogen and oxygen atoms in total. The lowest BCUT2D eigenvalue weighted by Gasteiger charge is -2.22. The van der Waals surface area contributed by atoms with Crippen molar-refractivity contribution in [2.45, 2.75) is 50.1 Å². The van der Waals surface area contributed by atoms with Crippen molar-refractivity contribution in [2.24, 2.45) is 0 Å². The van der Waals surface area contributed by atoms with E-state index in [0.29, 0.717) is 0 Å². The molecule has 4 rings (SSSR count).